The number of likely N-dealkylation sites (N-methyl/N-ethyl adjacent to an activating group) is 1. The quantitative estimate of drug-likeness (QED) is 0.743. The number of ether oxygens (including phenoxy) is 1. The molecule has 1 N–H and O–H groups in total. The smallest absolute Gasteiger partial charge is 0.422 e. The van der Waals surface area contributed by atoms with Crippen LogP contribution in [0.2, 0.25) is 5.02 Å². The molecule has 6 nitrogen and oxygen atoms in total. The molecule has 0 radical (unpaired) electrons. The second-order valence-corrected chi connectivity index (χ2v) is 7.42. The standard InChI is InChI=1S/C20H22ClF3N4O2/c1-27-6-8-28(9-7-27)17-5-3-2-4-14(17)11-25-18(29)15-10-16(21)19(26-12-15)30-13-20(22,23)24/h2-5,10,12H,6-9,11,13H2,1H3,(H,25,29). The molecule has 2 heterocycles. The van der Waals surface area contributed by atoms with Crippen LogP contribution >= 0.6 is 11.6 Å². The Labute approximate surface area is 177 Å². The third kappa shape index (κ3) is 5.99. The fourth-order valence-electron chi connectivity index (χ4n) is 3.10. The molecule has 1 aromatic heterocycles. The molecule has 3 rings (SSSR count). The van der Waals surface area contributed by atoms with E-state index in [0.717, 1.165) is 43.6 Å². The average molecular weight is 443 g/mol. The van der Waals surface area contributed by atoms with E-state index in [1.165, 1.54) is 6.07 Å². The number of hydrogen-bond donors (Lipinski definition) is 1. The molecule has 1 saturated heterocycles. The van der Waals surface area contributed by atoms with Crippen molar-refractivity contribution in [1.82, 2.24) is 15.2 Å². The van der Waals surface area contributed by atoms with Crippen LogP contribution in [0.5, 0.6) is 5.88 Å². The summed E-state index contributed by atoms with van der Waals surface area (Å²) in [6, 6.07) is 9.09. The molecule has 1 aliphatic heterocycles. The third-order valence-corrected chi connectivity index (χ3v) is 4.99. The summed E-state index contributed by atoms with van der Waals surface area (Å²) >= 11 is 5.91. The van der Waals surface area contributed by atoms with Crippen LogP contribution in [0.15, 0.2) is 36.5 Å². The van der Waals surface area contributed by atoms with Crippen molar-refractivity contribution in [1.29, 1.82) is 0 Å². The number of nitrogens with one attached hydrogen (secondary N) is 1. The zero-order valence-electron chi connectivity index (χ0n) is 16.4. The number of anilines is 1. The van der Waals surface area contributed by atoms with Crippen LogP contribution < -0.4 is 15.0 Å². The van der Waals surface area contributed by atoms with Gasteiger partial charge < -0.3 is 19.9 Å². The SMILES string of the molecule is CN1CCN(c2ccccc2CNC(=O)c2cnc(OCC(F)(F)F)c(Cl)c2)CC1. The van der Waals surface area contributed by atoms with Gasteiger partial charge in [0.05, 0.1) is 5.56 Å². The van der Waals surface area contributed by atoms with Crippen molar-refractivity contribution < 1.29 is 22.7 Å². The molecule has 10 heteroatoms. The molecule has 1 aliphatic rings. The first-order valence-electron chi connectivity index (χ1n) is 9.37. The minimum Gasteiger partial charge on any atom is -0.467 e. The molecule has 0 spiro atoms. The monoisotopic (exact) mass is 442 g/mol. The highest BCUT2D eigenvalue weighted by atomic mass is 35.5. The van der Waals surface area contributed by atoms with Gasteiger partial charge in [0.1, 0.15) is 5.02 Å². The molecule has 0 atom stereocenters. The molecular formula is C20H22ClF3N4O2. The maximum Gasteiger partial charge on any atom is 0.422 e. The Morgan fingerprint density at radius 2 is 1.93 bits per heavy atom. The number of rotatable bonds is 6. The molecule has 162 valence electrons. The first-order valence-corrected chi connectivity index (χ1v) is 9.75. The van der Waals surface area contributed by atoms with Crippen LogP contribution in [0.1, 0.15) is 15.9 Å². The van der Waals surface area contributed by atoms with Gasteiger partial charge in [-0.05, 0) is 24.7 Å². The summed E-state index contributed by atoms with van der Waals surface area (Å²) in [5.41, 5.74) is 2.17. The van der Waals surface area contributed by atoms with E-state index in [1.54, 1.807) is 0 Å². The number of amides is 1. The summed E-state index contributed by atoms with van der Waals surface area (Å²) in [4.78, 5) is 20.8. The number of nitrogens with zero attached hydrogens (tertiary/aromatic N) is 3. The number of halogens is 4. The fraction of sp³-hybridized carbons (Fsp3) is 0.400. The third-order valence-electron chi connectivity index (χ3n) is 4.72. The number of aromatic nitrogens is 1. The lowest BCUT2D eigenvalue weighted by Gasteiger charge is -2.35. The van der Waals surface area contributed by atoms with Crippen molar-refractivity contribution >= 4 is 23.2 Å². The largest absolute Gasteiger partial charge is 0.467 e. The lowest BCUT2D eigenvalue weighted by Crippen LogP contribution is -2.45. The molecule has 0 unspecified atom stereocenters. The first-order chi connectivity index (χ1) is 14.2. The van der Waals surface area contributed by atoms with E-state index in [1.807, 2.05) is 24.3 Å². The number of alkyl halides is 3. The van der Waals surface area contributed by atoms with Crippen molar-refractivity contribution in [2.24, 2.45) is 0 Å². The van der Waals surface area contributed by atoms with E-state index >= 15 is 0 Å². The maximum atomic E-state index is 12.5. The van der Waals surface area contributed by atoms with Gasteiger partial charge in [-0.3, -0.25) is 4.79 Å². The fourth-order valence-corrected chi connectivity index (χ4v) is 3.32. The van der Waals surface area contributed by atoms with Gasteiger partial charge in [0.2, 0.25) is 5.88 Å². The predicted octanol–water partition coefficient (Wildman–Crippen LogP) is 3.36. The summed E-state index contributed by atoms with van der Waals surface area (Å²) in [6.45, 7) is 2.53. The van der Waals surface area contributed by atoms with Gasteiger partial charge in [-0.1, -0.05) is 29.8 Å². The van der Waals surface area contributed by atoms with Crippen LogP contribution in [-0.2, 0) is 6.54 Å². The van der Waals surface area contributed by atoms with Gasteiger partial charge in [0, 0.05) is 44.6 Å². The van der Waals surface area contributed by atoms with Crippen molar-refractivity contribution in [2.45, 2.75) is 12.7 Å². The molecule has 1 aromatic carbocycles. The number of benzene rings is 1. The number of hydrogen-bond acceptors (Lipinski definition) is 5. The summed E-state index contributed by atoms with van der Waals surface area (Å²) in [5, 5.41) is 2.65. The summed E-state index contributed by atoms with van der Waals surface area (Å²) < 4.78 is 41.3. The van der Waals surface area contributed by atoms with E-state index in [9.17, 15) is 18.0 Å². The average Bonchev–Trinajstić information content (AvgIpc) is 2.71. The van der Waals surface area contributed by atoms with Gasteiger partial charge in [0.15, 0.2) is 6.61 Å². The van der Waals surface area contributed by atoms with Crippen molar-refractivity contribution in [3.63, 3.8) is 0 Å². The topological polar surface area (TPSA) is 57.7 Å². The molecule has 0 saturated carbocycles. The van der Waals surface area contributed by atoms with Crippen LogP contribution in [-0.4, -0.2) is 61.8 Å². The van der Waals surface area contributed by atoms with E-state index in [-0.39, 0.29) is 16.5 Å². The van der Waals surface area contributed by atoms with Crippen LogP contribution in [0.4, 0.5) is 18.9 Å². The zero-order valence-corrected chi connectivity index (χ0v) is 17.1. The van der Waals surface area contributed by atoms with Gasteiger partial charge in [0.25, 0.3) is 5.91 Å². The molecule has 0 bridgehead atoms. The second-order valence-electron chi connectivity index (χ2n) is 7.02. The van der Waals surface area contributed by atoms with Crippen molar-refractivity contribution in [2.75, 3.05) is 44.7 Å². The normalized spacial score (nSPS) is 15.2. The summed E-state index contributed by atoms with van der Waals surface area (Å²) in [6.07, 6.45) is -3.36. The van der Waals surface area contributed by atoms with E-state index in [2.05, 4.69) is 31.9 Å². The number of piperazine rings is 1. The van der Waals surface area contributed by atoms with Crippen molar-refractivity contribution in [3.8, 4) is 5.88 Å². The Bertz CT molecular complexity index is 887. The first kappa shape index (κ1) is 22.2. The van der Waals surface area contributed by atoms with E-state index in [4.69, 9.17) is 11.6 Å². The van der Waals surface area contributed by atoms with Gasteiger partial charge in [-0.25, -0.2) is 4.98 Å². The van der Waals surface area contributed by atoms with E-state index < -0.39 is 18.7 Å². The number of pyridine rings is 1. The molecule has 2 aromatic rings. The summed E-state index contributed by atoms with van der Waals surface area (Å²) in [7, 11) is 2.09. The highest BCUT2D eigenvalue weighted by Crippen LogP contribution is 2.25. The Morgan fingerprint density at radius 1 is 1.23 bits per heavy atom. The Balaban J connectivity index is 1.63. The Hall–Kier alpha value is -2.52. The van der Waals surface area contributed by atoms with Gasteiger partial charge >= 0.3 is 6.18 Å². The molecular weight excluding hydrogens is 421 g/mol. The minimum atomic E-state index is -4.50. The lowest BCUT2D eigenvalue weighted by molar-refractivity contribution is -0.154. The second kappa shape index (κ2) is 9.53. The van der Waals surface area contributed by atoms with Crippen LogP contribution in [0.25, 0.3) is 0 Å². The molecule has 1 amide bonds. The molecule has 0 aliphatic carbocycles. The minimum absolute atomic E-state index is 0.136. The Morgan fingerprint density at radius 3 is 2.60 bits per heavy atom. The molecule has 1 fully saturated rings. The number of carbonyl (C=O) groups is 1. The summed E-state index contributed by atoms with van der Waals surface area (Å²) in [5.74, 6) is -0.800. The lowest BCUT2D eigenvalue weighted by atomic mass is 10.1. The van der Waals surface area contributed by atoms with Gasteiger partial charge in [-0.15, -0.1) is 0 Å². The number of carbonyl (C=O) groups excluding carboxylic acids is 1. The van der Waals surface area contributed by atoms with E-state index in [0.29, 0.717) is 6.54 Å². The van der Waals surface area contributed by atoms with Crippen LogP contribution in [0.3, 0.4) is 0 Å². The van der Waals surface area contributed by atoms with Crippen LogP contribution in [0, 0.1) is 0 Å². The van der Waals surface area contributed by atoms with Gasteiger partial charge in [-0.2, -0.15) is 13.2 Å². The predicted molar refractivity (Wildman–Crippen MR) is 108 cm³/mol. The highest BCUT2D eigenvalue weighted by Gasteiger charge is 2.29. The highest BCUT2D eigenvalue weighted by molar-refractivity contribution is 6.32. The van der Waals surface area contributed by atoms with Crippen molar-refractivity contribution in [3.05, 3.63) is 52.7 Å². The number of para-hydroxylation sites is 1. The molecule has 30 heavy (non-hydrogen) atoms. The zero-order chi connectivity index (χ0) is 21.7. The maximum absolute atomic E-state index is 12.5. The Kier molecular flexibility index (Phi) is 7.04.